The summed E-state index contributed by atoms with van der Waals surface area (Å²) >= 11 is 6.08. The van der Waals surface area contributed by atoms with Gasteiger partial charge in [-0.2, -0.15) is 0 Å². The summed E-state index contributed by atoms with van der Waals surface area (Å²) in [5, 5.41) is 4.07. The number of likely N-dealkylation sites (N-methyl/N-ethyl adjacent to an activating group) is 1. The van der Waals surface area contributed by atoms with Crippen LogP contribution < -0.4 is 5.32 Å². The number of benzene rings is 1. The van der Waals surface area contributed by atoms with Crippen molar-refractivity contribution in [2.75, 3.05) is 20.1 Å². The number of nitrogens with zero attached hydrogens (tertiary/aromatic N) is 2. The number of amides is 1. The predicted molar refractivity (Wildman–Crippen MR) is 84.2 cm³/mol. The molecule has 0 aromatic heterocycles. The minimum atomic E-state index is -0.139. The summed E-state index contributed by atoms with van der Waals surface area (Å²) in [6.45, 7) is 3.59. The molecular formula is C16H22ClN3O. The highest BCUT2D eigenvalue weighted by molar-refractivity contribution is 6.30. The maximum atomic E-state index is 12.4. The maximum absolute atomic E-state index is 12.4. The molecule has 1 saturated heterocycles. The molecule has 2 fully saturated rings. The topological polar surface area (TPSA) is 35.6 Å². The summed E-state index contributed by atoms with van der Waals surface area (Å²) in [7, 11) is 2.14. The van der Waals surface area contributed by atoms with Crippen LogP contribution in [0.3, 0.4) is 0 Å². The van der Waals surface area contributed by atoms with Crippen molar-refractivity contribution in [3.63, 3.8) is 0 Å². The largest absolute Gasteiger partial charge is 0.320 e. The third kappa shape index (κ3) is 3.23. The average Bonchev–Trinajstić information content (AvgIpc) is 3.26. The summed E-state index contributed by atoms with van der Waals surface area (Å²) in [5.41, 5.74) is 1.05. The van der Waals surface area contributed by atoms with Crippen molar-refractivity contribution in [3.8, 4) is 0 Å². The van der Waals surface area contributed by atoms with Crippen LogP contribution in [0.1, 0.15) is 31.5 Å². The molecule has 1 aliphatic carbocycles. The van der Waals surface area contributed by atoms with Crippen LogP contribution in [0, 0.1) is 0 Å². The number of nitrogens with one attached hydrogen (secondary N) is 1. The van der Waals surface area contributed by atoms with E-state index in [4.69, 9.17) is 11.6 Å². The van der Waals surface area contributed by atoms with Gasteiger partial charge in [0.05, 0.1) is 6.04 Å². The lowest BCUT2D eigenvalue weighted by Gasteiger charge is -2.27. The normalized spacial score (nSPS) is 25.9. The molecule has 1 aliphatic heterocycles. The quantitative estimate of drug-likeness (QED) is 0.906. The van der Waals surface area contributed by atoms with E-state index in [1.807, 2.05) is 36.1 Å². The molecule has 4 nitrogen and oxygen atoms in total. The van der Waals surface area contributed by atoms with E-state index in [1.165, 1.54) is 12.8 Å². The zero-order valence-corrected chi connectivity index (χ0v) is 13.3. The molecule has 2 atom stereocenters. The standard InChI is InChI=1S/C16H22ClN3O/c1-11-16(21)20(9-8-19(2)14-6-7-14)15(18-11)12-4-3-5-13(17)10-12/h3-5,10-11,14-15,18H,6-9H2,1-2H3. The van der Waals surface area contributed by atoms with Crippen molar-refractivity contribution in [1.29, 1.82) is 0 Å². The number of carbonyl (C=O) groups excluding carboxylic acids is 1. The van der Waals surface area contributed by atoms with Crippen LogP contribution >= 0.6 is 11.6 Å². The molecule has 1 aromatic carbocycles. The smallest absolute Gasteiger partial charge is 0.241 e. The molecule has 0 bridgehead atoms. The minimum Gasteiger partial charge on any atom is -0.320 e. The molecule has 1 aromatic rings. The number of rotatable bonds is 5. The zero-order chi connectivity index (χ0) is 15.0. The van der Waals surface area contributed by atoms with Crippen LogP contribution in [-0.4, -0.2) is 47.9 Å². The Labute approximate surface area is 131 Å². The summed E-state index contributed by atoms with van der Waals surface area (Å²) in [4.78, 5) is 16.7. The highest BCUT2D eigenvalue weighted by Crippen LogP contribution is 2.28. The number of hydrogen-bond donors (Lipinski definition) is 1. The van der Waals surface area contributed by atoms with Crippen molar-refractivity contribution in [3.05, 3.63) is 34.9 Å². The molecule has 2 unspecified atom stereocenters. The highest BCUT2D eigenvalue weighted by Gasteiger charge is 2.37. The van der Waals surface area contributed by atoms with Crippen molar-refractivity contribution in [2.45, 2.75) is 38.0 Å². The van der Waals surface area contributed by atoms with Gasteiger partial charge in [-0.1, -0.05) is 23.7 Å². The Hall–Kier alpha value is -1.10. The Morgan fingerprint density at radius 3 is 2.86 bits per heavy atom. The Morgan fingerprint density at radius 1 is 1.43 bits per heavy atom. The van der Waals surface area contributed by atoms with Gasteiger partial charge in [0.1, 0.15) is 6.17 Å². The molecule has 5 heteroatoms. The Morgan fingerprint density at radius 2 is 2.19 bits per heavy atom. The zero-order valence-electron chi connectivity index (χ0n) is 12.6. The number of hydrogen-bond acceptors (Lipinski definition) is 3. The van der Waals surface area contributed by atoms with Gasteiger partial charge in [-0.05, 0) is 44.5 Å². The molecule has 2 aliphatic rings. The fourth-order valence-corrected chi connectivity index (χ4v) is 3.13. The van der Waals surface area contributed by atoms with Gasteiger partial charge in [-0.3, -0.25) is 10.1 Å². The van der Waals surface area contributed by atoms with Gasteiger partial charge in [0.2, 0.25) is 5.91 Å². The van der Waals surface area contributed by atoms with Gasteiger partial charge in [0.25, 0.3) is 0 Å². The average molecular weight is 308 g/mol. The summed E-state index contributed by atoms with van der Waals surface area (Å²) in [6, 6.07) is 8.32. The first kappa shape index (κ1) is 14.8. The van der Waals surface area contributed by atoms with Crippen molar-refractivity contribution in [2.24, 2.45) is 0 Å². The van der Waals surface area contributed by atoms with Crippen LogP contribution in [0.25, 0.3) is 0 Å². The van der Waals surface area contributed by atoms with Gasteiger partial charge < -0.3 is 9.80 Å². The van der Waals surface area contributed by atoms with E-state index in [2.05, 4.69) is 17.3 Å². The fourth-order valence-electron chi connectivity index (χ4n) is 2.93. The molecule has 114 valence electrons. The Kier molecular flexibility index (Phi) is 4.20. The van der Waals surface area contributed by atoms with Crippen LogP contribution in [-0.2, 0) is 4.79 Å². The first-order chi connectivity index (χ1) is 10.1. The lowest BCUT2D eigenvalue weighted by atomic mass is 10.1. The monoisotopic (exact) mass is 307 g/mol. The molecule has 0 radical (unpaired) electrons. The maximum Gasteiger partial charge on any atom is 0.241 e. The molecule has 21 heavy (non-hydrogen) atoms. The van der Waals surface area contributed by atoms with Crippen molar-refractivity contribution >= 4 is 17.5 Å². The third-order valence-electron chi connectivity index (χ3n) is 4.40. The lowest BCUT2D eigenvalue weighted by Crippen LogP contribution is -2.38. The van der Waals surface area contributed by atoms with Crippen LogP contribution in [0.2, 0.25) is 5.02 Å². The van der Waals surface area contributed by atoms with Crippen molar-refractivity contribution in [1.82, 2.24) is 15.1 Å². The SMILES string of the molecule is CC1NC(c2cccc(Cl)c2)N(CCN(C)C2CC2)C1=O. The van der Waals surface area contributed by atoms with E-state index >= 15 is 0 Å². The molecule has 1 saturated carbocycles. The molecule has 0 spiro atoms. The Balaban J connectivity index is 1.72. The van der Waals surface area contributed by atoms with E-state index in [1.54, 1.807) is 0 Å². The summed E-state index contributed by atoms with van der Waals surface area (Å²) in [5.74, 6) is 0.171. The van der Waals surface area contributed by atoms with Crippen LogP contribution in [0.4, 0.5) is 0 Å². The summed E-state index contributed by atoms with van der Waals surface area (Å²) < 4.78 is 0. The van der Waals surface area contributed by atoms with Gasteiger partial charge in [0.15, 0.2) is 0 Å². The fraction of sp³-hybridized carbons (Fsp3) is 0.562. The molecule has 1 amide bonds. The van der Waals surface area contributed by atoms with Gasteiger partial charge >= 0.3 is 0 Å². The number of carbonyl (C=O) groups is 1. The lowest BCUT2D eigenvalue weighted by molar-refractivity contribution is -0.130. The number of halogens is 1. The van der Waals surface area contributed by atoms with Gasteiger partial charge in [-0.15, -0.1) is 0 Å². The van der Waals surface area contributed by atoms with Crippen LogP contribution in [0.15, 0.2) is 24.3 Å². The van der Waals surface area contributed by atoms with Gasteiger partial charge in [-0.25, -0.2) is 0 Å². The molecular weight excluding hydrogens is 286 g/mol. The van der Waals surface area contributed by atoms with E-state index in [-0.39, 0.29) is 18.1 Å². The second kappa shape index (κ2) is 5.95. The first-order valence-corrected chi connectivity index (χ1v) is 7.96. The van der Waals surface area contributed by atoms with E-state index in [0.29, 0.717) is 5.02 Å². The molecule has 1 heterocycles. The second-order valence-electron chi connectivity index (χ2n) is 6.09. The van der Waals surface area contributed by atoms with Crippen LogP contribution in [0.5, 0.6) is 0 Å². The second-order valence-corrected chi connectivity index (χ2v) is 6.53. The van der Waals surface area contributed by atoms with E-state index < -0.39 is 0 Å². The molecule has 3 rings (SSSR count). The molecule has 1 N–H and O–H groups in total. The van der Waals surface area contributed by atoms with E-state index in [9.17, 15) is 4.79 Å². The first-order valence-electron chi connectivity index (χ1n) is 7.58. The van der Waals surface area contributed by atoms with Crippen molar-refractivity contribution < 1.29 is 4.79 Å². The van der Waals surface area contributed by atoms with E-state index in [0.717, 1.165) is 24.7 Å². The highest BCUT2D eigenvalue weighted by atomic mass is 35.5. The Bertz CT molecular complexity index is 532. The predicted octanol–water partition coefficient (Wildman–Crippen LogP) is 2.25. The summed E-state index contributed by atoms with van der Waals surface area (Å²) in [6.07, 6.45) is 2.51. The van der Waals surface area contributed by atoms with Gasteiger partial charge in [0, 0.05) is 24.2 Å². The minimum absolute atomic E-state index is 0.0706. The third-order valence-corrected chi connectivity index (χ3v) is 4.64.